The van der Waals surface area contributed by atoms with Crippen LogP contribution in [0.1, 0.15) is 32.5 Å². The van der Waals surface area contributed by atoms with Crippen molar-refractivity contribution in [2.45, 2.75) is 44.8 Å². The van der Waals surface area contributed by atoms with Crippen LogP contribution >= 0.6 is 0 Å². The summed E-state index contributed by atoms with van der Waals surface area (Å²) in [6.45, 7) is 7.03. The number of benzene rings is 1. The van der Waals surface area contributed by atoms with Crippen molar-refractivity contribution < 1.29 is 9.18 Å². The minimum absolute atomic E-state index is 0.00556. The molecule has 3 heterocycles. The van der Waals surface area contributed by atoms with Gasteiger partial charge in [0.1, 0.15) is 11.6 Å². The van der Waals surface area contributed by atoms with Crippen molar-refractivity contribution in [1.29, 1.82) is 0 Å². The highest BCUT2D eigenvalue weighted by Crippen LogP contribution is 2.36. The van der Waals surface area contributed by atoms with Gasteiger partial charge in [0.25, 0.3) is 0 Å². The number of carbonyl (C=O) groups excluding carboxylic acids is 1. The molecule has 6 nitrogen and oxygen atoms in total. The molecule has 144 valence electrons. The summed E-state index contributed by atoms with van der Waals surface area (Å²) in [5.41, 5.74) is 1.79. The van der Waals surface area contributed by atoms with E-state index in [-0.39, 0.29) is 23.4 Å². The first kappa shape index (κ1) is 18.0. The van der Waals surface area contributed by atoms with Gasteiger partial charge in [0, 0.05) is 32.2 Å². The van der Waals surface area contributed by atoms with Gasteiger partial charge in [-0.2, -0.15) is 0 Å². The minimum Gasteiger partial charge on any atom is -0.336 e. The van der Waals surface area contributed by atoms with Crippen LogP contribution in [-0.4, -0.2) is 46.2 Å². The molecule has 1 saturated heterocycles. The average Bonchev–Trinajstić information content (AvgIpc) is 3.08. The number of halogens is 1. The van der Waals surface area contributed by atoms with Gasteiger partial charge in [-0.15, -0.1) is 0 Å². The molecule has 2 amide bonds. The highest BCUT2D eigenvalue weighted by Gasteiger charge is 2.42. The maximum absolute atomic E-state index is 13.3. The first-order valence-corrected chi connectivity index (χ1v) is 9.61. The summed E-state index contributed by atoms with van der Waals surface area (Å²) in [6, 6.07) is 6.71. The Morgan fingerprint density at radius 3 is 2.59 bits per heavy atom. The molecule has 1 fully saturated rings. The Bertz CT molecular complexity index is 821. The molecular weight excluding hydrogens is 345 g/mol. The van der Waals surface area contributed by atoms with Crippen molar-refractivity contribution >= 4 is 6.03 Å². The number of imidazole rings is 1. The molecule has 27 heavy (non-hydrogen) atoms. The number of carbonyl (C=O) groups is 1. The molecule has 2 aliphatic rings. The molecule has 7 heteroatoms. The average molecular weight is 371 g/mol. The summed E-state index contributed by atoms with van der Waals surface area (Å²) >= 11 is 0. The maximum atomic E-state index is 13.3. The summed E-state index contributed by atoms with van der Waals surface area (Å²) < 4.78 is 15.5. The van der Waals surface area contributed by atoms with E-state index in [0.717, 1.165) is 43.0 Å². The van der Waals surface area contributed by atoms with E-state index in [1.807, 2.05) is 24.9 Å². The number of nitrogens with zero attached hydrogens (tertiary/aromatic N) is 3. The fraction of sp³-hybridized carbons (Fsp3) is 0.500. The third kappa shape index (κ3) is 3.32. The molecule has 1 aromatic heterocycles. The summed E-state index contributed by atoms with van der Waals surface area (Å²) in [5.74, 6) is 0.791. The quantitative estimate of drug-likeness (QED) is 0.853. The van der Waals surface area contributed by atoms with Gasteiger partial charge in [-0.1, -0.05) is 0 Å². The minimum atomic E-state index is -0.234. The van der Waals surface area contributed by atoms with Crippen molar-refractivity contribution in [2.75, 3.05) is 19.6 Å². The second-order valence-corrected chi connectivity index (χ2v) is 7.73. The third-order valence-corrected chi connectivity index (χ3v) is 5.54. The Balaban J connectivity index is 1.56. The van der Waals surface area contributed by atoms with E-state index in [1.54, 1.807) is 12.1 Å². The molecule has 0 bridgehead atoms. The molecule has 0 unspecified atom stereocenters. The summed E-state index contributed by atoms with van der Waals surface area (Å²) in [6.07, 6.45) is 3.55. The standard InChI is InChI=1S/C20H26FN5O/c1-14(2)24-19(27)25-10-7-20(8-11-25)18-22-13-17(26(18)12-9-23-20)15-3-5-16(21)6-4-15/h3-6,13-14,23H,7-12H2,1-2H3,(H,24,27). The molecule has 0 saturated carbocycles. The Labute approximate surface area is 158 Å². The second kappa shape index (κ2) is 6.96. The fourth-order valence-electron chi connectivity index (χ4n) is 4.15. The molecule has 1 spiro atoms. The van der Waals surface area contributed by atoms with E-state index in [4.69, 9.17) is 4.98 Å². The van der Waals surface area contributed by atoms with E-state index in [2.05, 4.69) is 15.2 Å². The zero-order valence-electron chi connectivity index (χ0n) is 15.8. The van der Waals surface area contributed by atoms with Crippen LogP contribution in [0.15, 0.2) is 30.5 Å². The molecule has 0 aliphatic carbocycles. The van der Waals surface area contributed by atoms with Crippen LogP contribution in [0.5, 0.6) is 0 Å². The van der Waals surface area contributed by atoms with Gasteiger partial charge < -0.3 is 20.1 Å². The molecule has 2 aliphatic heterocycles. The van der Waals surface area contributed by atoms with Gasteiger partial charge in [-0.3, -0.25) is 0 Å². The van der Waals surface area contributed by atoms with Gasteiger partial charge in [-0.05, 0) is 56.5 Å². The normalized spacial score (nSPS) is 18.6. The first-order valence-electron chi connectivity index (χ1n) is 9.61. The van der Waals surface area contributed by atoms with E-state index in [0.29, 0.717) is 13.1 Å². The number of fused-ring (bicyclic) bond motifs is 2. The van der Waals surface area contributed by atoms with Gasteiger partial charge in [0.2, 0.25) is 0 Å². The molecule has 4 rings (SSSR count). The largest absolute Gasteiger partial charge is 0.336 e. The maximum Gasteiger partial charge on any atom is 0.317 e. The molecular formula is C20H26FN5O. The molecule has 0 radical (unpaired) electrons. The number of urea groups is 1. The van der Waals surface area contributed by atoms with Crippen molar-refractivity contribution in [1.82, 2.24) is 25.1 Å². The highest BCUT2D eigenvalue weighted by atomic mass is 19.1. The third-order valence-electron chi connectivity index (χ3n) is 5.54. The first-order chi connectivity index (χ1) is 13.0. The number of amides is 2. The van der Waals surface area contributed by atoms with Crippen LogP contribution in [-0.2, 0) is 12.1 Å². The summed E-state index contributed by atoms with van der Waals surface area (Å²) in [5, 5.41) is 6.63. The predicted octanol–water partition coefficient (Wildman–Crippen LogP) is 2.70. The number of likely N-dealkylation sites (tertiary alicyclic amines) is 1. The van der Waals surface area contributed by atoms with Crippen molar-refractivity contribution in [3.8, 4) is 11.3 Å². The van der Waals surface area contributed by atoms with Crippen LogP contribution in [0.3, 0.4) is 0 Å². The molecule has 0 atom stereocenters. The van der Waals surface area contributed by atoms with Gasteiger partial charge >= 0.3 is 6.03 Å². The van der Waals surface area contributed by atoms with Crippen LogP contribution in [0.4, 0.5) is 9.18 Å². The number of piperidine rings is 1. The number of aromatic nitrogens is 2. The lowest BCUT2D eigenvalue weighted by molar-refractivity contribution is 0.123. The molecule has 2 aromatic rings. The molecule has 1 aromatic carbocycles. The number of hydrogen-bond acceptors (Lipinski definition) is 3. The predicted molar refractivity (Wildman–Crippen MR) is 102 cm³/mol. The number of rotatable bonds is 2. The highest BCUT2D eigenvalue weighted by molar-refractivity contribution is 5.74. The Morgan fingerprint density at radius 2 is 1.93 bits per heavy atom. The fourth-order valence-corrected chi connectivity index (χ4v) is 4.15. The van der Waals surface area contributed by atoms with Gasteiger partial charge in [0.15, 0.2) is 0 Å². The Hall–Kier alpha value is -2.41. The van der Waals surface area contributed by atoms with Crippen LogP contribution < -0.4 is 10.6 Å². The van der Waals surface area contributed by atoms with E-state index in [1.165, 1.54) is 12.1 Å². The van der Waals surface area contributed by atoms with E-state index >= 15 is 0 Å². The van der Waals surface area contributed by atoms with Crippen LogP contribution in [0.2, 0.25) is 0 Å². The van der Waals surface area contributed by atoms with Crippen molar-refractivity contribution in [2.24, 2.45) is 0 Å². The second-order valence-electron chi connectivity index (χ2n) is 7.73. The van der Waals surface area contributed by atoms with Crippen LogP contribution in [0.25, 0.3) is 11.3 Å². The zero-order chi connectivity index (χ0) is 19.0. The molecule has 2 N–H and O–H groups in total. The Morgan fingerprint density at radius 1 is 1.22 bits per heavy atom. The van der Waals surface area contributed by atoms with Crippen molar-refractivity contribution in [3.63, 3.8) is 0 Å². The van der Waals surface area contributed by atoms with Crippen LogP contribution in [0, 0.1) is 5.82 Å². The summed E-state index contributed by atoms with van der Waals surface area (Å²) in [4.78, 5) is 18.9. The number of nitrogens with one attached hydrogen (secondary N) is 2. The Kier molecular flexibility index (Phi) is 4.63. The van der Waals surface area contributed by atoms with E-state index < -0.39 is 0 Å². The van der Waals surface area contributed by atoms with E-state index in [9.17, 15) is 9.18 Å². The van der Waals surface area contributed by atoms with Crippen molar-refractivity contribution in [3.05, 3.63) is 42.1 Å². The monoisotopic (exact) mass is 371 g/mol. The smallest absolute Gasteiger partial charge is 0.317 e. The topological polar surface area (TPSA) is 62.2 Å². The SMILES string of the molecule is CC(C)NC(=O)N1CCC2(CC1)NCCn1c(-c3ccc(F)cc3)cnc12. The number of hydrogen-bond donors (Lipinski definition) is 2. The van der Waals surface area contributed by atoms with Gasteiger partial charge in [-0.25, -0.2) is 14.2 Å². The summed E-state index contributed by atoms with van der Waals surface area (Å²) in [7, 11) is 0. The van der Waals surface area contributed by atoms with Gasteiger partial charge in [0.05, 0.1) is 17.4 Å². The lowest BCUT2D eigenvalue weighted by Gasteiger charge is -2.44. The lowest BCUT2D eigenvalue weighted by atomic mass is 9.85. The zero-order valence-corrected chi connectivity index (χ0v) is 15.8. The lowest BCUT2D eigenvalue weighted by Crippen LogP contribution is -2.57.